The van der Waals surface area contributed by atoms with Crippen LogP contribution in [0.4, 0.5) is 48.0 Å². The number of ether oxygens (including phenoxy) is 9. The summed E-state index contributed by atoms with van der Waals surface area (Å²) in [6.45, 7) is 4.18. The molecule has 5 aliphatic rings. The van der Waals surface area contributed by atoms with Crippen molar-refractivity contribution in [3.8, 4) is 6.07 Å². The van der Waals surface area contributed by atoms with Crippen LogP contribution in [-0.2, 0) is 97.2 Å². The van der Waals surface area contributed by atoms with Gasteiger partial charge < -0.3 is 112 Å². The maximum absolute atomic E-state index is 14.3. The molecule has 0 bridgehead atoms. The highest BCUT2D eigenvalue weighted by Crippen LogP contribution is 2.58. The molecule has 18 atom stereocenters. The van der Waals surface area contributed by atoms with Crippen molar-refractivity contribution in [2.24, 2.45) is 26.9 Å². The number of hydrogen-bond donors (Lipinski definition) is 19. The Morgan fingerprint density at radius 1 is 0.669 bits per heavy atom. The topological polar surface area (TPSA) is 908 Å². The summed E-state index contributed by atoms with van der Waals surface area (Å²) < 4.78 is 100.0. The Kier molecular flexibility index (Phi) is 45.5. The van der Waals surface area contributed by atoms with E-state index in [0.717, 1.165) is 16.5 Å². The van der Waals surface area contributed by atoms with Crippen LogP contribution in [0.5, 0.6) is 0 Å². The first-order valence-corrected chi connectivity index (χ1v) is 54.0. The highest BCUT2D eigenvalue weighted by atomic mass is 33.1. The highest BCUT2D eigenvalue weighted by Gasteiger charge is 2.57. The number of aliphatic imine (C=N–C) groups is 1. The minimum Gasteiger partial charge on any atom is -0.455 e. The van der Waals surface area contributed by atoms with Gasteiger partial charge in [-0.15, -0.1) is 18.8 Å². The number of fused-ring (bicyclic) bond motifs is 2. The van der Waals surface area contributed by atoms with E-state index in [2.05, 4.69) is 80.4 Å². The normalized spacial score (nSPS) is 22.2. The molecule has 5 aliphatic heterocycles. The summed E-state index contributed by atoms with van der Waals surface area (Å²) in [5.41, 5.74) is 41.1. The Morgan fingerprint density at radius 3 is 1.67 bits per heavy atom. The van der Waals surface area contributed by atoms with Gasteiger partial charge in [0.15, 0.2) is 48.1 Å². The number of nitrogen functional groups attached to an aromatic ring is 3. The van der Waals surface area contributed by atoms with Crippen molar-refractivity contribution in [1.29, 1.82) is 5.26 Å². The molecular formula is C76H107N26O35P4S4+3. The van der Waals surface area contributed by atoms with Gasteiger partial charge in [-0.2, -0.15) is 43.9 Å². The third-order valence-corrected chi connectivity index (χ3v) is 27.9. The van der Waals surface area contributed by atoms with Crippen LogP contribution in [-0.4, -0.2) is 310 Å². The minimum absolute atomic E-state index is 0.000650. The smallest absolute Gasteiger partial charge is 0.455 e. The summed E-state index contributed by atoms with van der Waals surface area (Å²) in [7, 11) is -11.6. The lowest BCUT2D eigenvalue weighted by atomic mass is 10.0. The molecule has 12 rings (SSSR count). The summed E-state index contributed by atoms with van der Waals surface area (Å²) in [6.07, 6.45) is -9.90. The molecule has 2 aromatic carbocycles. The van der Waals surface area contributed by atoms with E-state index in [1.807, 2.05) is 6.26 Å². The van der Waals surface area contributed by atoms with Gasteiger partial charge in [0, 0.05) is 81.4 Å². The molecule has 5 aromatic heterocycles. The van der Waals surface area contributed by atoms with Crippen LogP contribution in [0, 0.1) is 17.2 Å². The van der Waals surface area contributed by atoms with Crippen LogP contribution >= 0.6 is 75.6 Å². The molecule has 0 aliphatic carbocycles. The number of nitrogens with two attached hydrogens (primary N) is 4. The number of phosphoric ester groups is 1. The first kappa shape index (κ1) is 118. The number of aliphatic hydroxyl groups excluding tert-OH is 4. The fourth-order valence-electron chi connectivity index (χ4n) is 14.1. The Bertz CT molecular complexity index is 5820. The van der Waals surface area contributed by atoms with Crippen LogP contribution in [0.1, 0.15) is 102 Å². The lowest BCUT2D eigenvalue weighted by molar-refractivity contribution is -0.159. The van der Waals surface area contributed by atoms with E-state index in [0.29, 0.717) is 42.7 Å². The minimum atomic E-state index is -5.10. The largest absolute Gasteiger partial charge is 0.692 e. The van der Waals surface area contributed by atoms with Crippen molar-refractivity contribution in [2.75, 3.05) is 82.4 Å². The molecule has 4 saturated heterocycles. The van der Waals surface area contributed by atoms with Crippen LogP contribution < -0.4 is 44.6 Å². The second kappa shape index (κ2) is 56.0. The van der Waals surface area contributed by atoms with Crippen LogP contribution in [0.3, 0.4) is 0 Å². The number of carbonyl (C=O) groups is 6. The number of alkyl carbamates (subject to hydrolysis) is 3. The van der Waals surface area contributed by atoms with Crippen molar-refractivity contribution >= 4 is 169 Å². The van der Waals surface area contributed by atoms with E-state index in [9.17, 15) is 87.9 Å². The Hall–Kier alpha value is -10.6. The zero-order valence-electron chi connectivity index (χ0n) is 77.5. The standard InChI is InChI=1S/C39H53N13O18P2S2.C19H27N8O10P.C18H23N5O4S2.HO3P/c1-39(2,3)69-38(57)47-23(10-9-22(74-73-4)14-43-37(56)63-15-20-5-7-21(8-6-20)49-50-42)35(54)68-31-26(67-34(30(31)53)52-19-46-29-32(41)44-18-45-33(29)52)17-65-72(61,62)70-24-13-28(51-12-11-27(40)48-36(51)55)66-25(24)16-64-71(58,59)60;20-11-1-2-26(19(31)25-11)12-3-8(9(4-28)35-12)37-38(32,33)34-5-10-14(29)15(30)18(36-10)27-7-24-13-16(21)22-6-23-17(13)27;1-13(17(24)26-10-9-19)3-8-16(29-28-2)11-21-18(25)27-12-14-4-6-15(7-5-14)22-23-20;1-4(2)3/h5-8,11-12,18-19,22-26,28,30-31,34,53,61-62H,9-10,13-17H2,1-4H3,(H7-,40,41,43,44,45,47,48,55,56,57,58,59,60);6-10,12,14-15,18,28-30,32-33H,1-5H2,(H3-,20,21,22,23,25,31);4-7,13,16H,3,8,10-12H2,1-2H3,(H,21,25);(H-,1,2,3)/p+3/t22-,23-,24-,25+,26+,28+,30+,31+,34+;8-,9+,10+,12+,14+,15+,18+;13-,16-;/m000./s1. The molecule has 4 fully saturated rings. The van der Waals surface area contributed by atoms with Crippen molar-refractivity contribution in [2.45, 2.75) is 194 Å². The van der Waals surface area contributed by atoms with Crippen molar-refractivity contribution in [1.82, 2.24) is 69.4 Å². The summed E-state index contributed by atoms with van der Waals surface area (Å²) in [5.74, 6) is -1.63. The first-order valence-electron chi connectivity index (χ1n) is 43.0. The number of esters is 2. The predicted octanol–water partition coefficient (Wildman–Crippen LogP) is 4.53. The second-order valence-corrected chi connectivity index (χ2v) is 42.5. The van der Waals surface area contributed by atoms with E-state index in [1.165, 1.54) is 66.9 Å². The Labute approximate surface area is 839 Å². The molecule has 61 nitrogen and oxygen atoms in total. The van der Waals surface area contributed by atoms with E-state index in [1.54, 1.807) is 110 Å². The monoisotopic (exact) mass is 2200 g/mol. The molecule has 0 radical (unpaired) electrons. The van der Waals surface area contributed by atoms with Gasteiger partial charge in [-0.25, -0.2) is 63.2 Å². The second-order valence-electron chi connectivity index (χ2n) is 32.3. The summed E-state index contributed by atoms with van der Waals surface area (Å²) in [5, 5.41) is 65.7. The van der Waals surface area contributed by atoms with Crippen molar-refractivity contribution in [3.63, 3.8) is 0 Å². The van der Waals surface area contributed by atoms with Crippen molar-refractivity contribution in [3.05, 3.63) is 129 Å². The van der Waals surface area contributed by atoms with Gasteiger partial charge in [-0.1, -0.05) is 109 Å². The maximum Gasteiger partial charge on any atom is 0.692 e. The van der Waals surface area contributed by atoms with Crippen LogP contribution in [0.25, 0.3) is 43.2 Å². The number of aromatic nitrogens is 10. The van der Waals surface area contributed by atoms with E-state index < -0.39 is 198 Å². The fourth-order valence-corrected chi connectivity index (χ4v) is 20.3. The number of nitrogens with zero attached hydrogens (tertiary/aromatic N) is 19. The number of hydrogen-bond acceptors (Lipinski definition) is 49. The number of carbonyl (C=O) groups excluding carboxylic acids is 6. The quantitative estimate of drug-likeness (QED) is 0.00475. The Balaban J connectivity index is 0.000000272. The molecule has 145 heavy (non-hydrogen) atoms. The fraction of sp³-hybridized carbons (Fsp3) is 0.553. The van der Waals surface area contributed by atoms with Crippen LogP contribution in [0.2, 0.25) is 0 Å². The van der Waals surface area contributed by atoms with E-state index in [4.69, 9.17) is 114 Å². The number of imidazole rings is 2. The van der Waals surface area contributed by atoms with Gasteiger partial charge in [0.25, 0.3) is 0 Å². The molecule has 0 saturated carbocycles. The van der Waals surface area contributed by atoms with Gasteiger partial charge in [0.2, 0.25) is 0 Å². The van der Waals surface area contributed by atoms with E-state index in [-0.39, 0.29) is 121 Å². The number of rotatable bonds is 43. The maximum atomic E-state index is 14.3. The third-order valence-electron chi connectivity index (χ3n) is 20.8. The summed E-state index contributed by atoms with van der Waals surface area (Å²) in [4.78, 5) is 203. The zero-order valence-corrected chi connectivity index (χ0v) is 84.3. The number of aliphatic hydroxyl groups is 4. The number of phosphoric acid groups is 1. The number of amides is 5. The van der Waals surface area contributed by atoms with Gasteiger partial charge in [0.1, 0.15) is 147 Å². The van der Waals surface area contributed by atoms with Crippen LogP contribution in [0.15, 0.2) is 106 Å². The van der Waals surface area contributed by atoms with Gasteiger partial charge in [0.05, 0.1) is 31.8 Å². The average Bonchev–Trinajstić information content (AvgIpc) is 1.32. The van der Waals surface area contributed by atoms with E-state index >= 15 is 0 Å². The number of amidine groups is 1. The van der Waals surface area contributed by atoms with Gasteiger partial charge in [-0.05, 0) is 87.2 Å². The molecule has 23 N–H and O–H groups in total. The molecule has 0 unspecified atom stereocenters. The molecule has 10 heterocycles. The number of azide groups is 2. The van der Waals surface area contributed by atoms with Gasteiger partial charge >= 0.3 is 74.4 Å². The Morgan fingerprint density at radius 2 is 1.17 bits per heavy atom. The zero-order chi connectivity index (χ0) is 106. The molecule has 7 aromatic rings. The molecule has 792 valence electrons. The number of urea groups is 1. The lowest BCUT2D eigenvalue weighted by Crippen LogP contribution is -2.48. The number of nitrogens with one attached hydrogen (secondary N) is 3. The van der Waals surface area contributed by atoms with Gasteiger partial charge in [-0.3, -0.25) is 27.9 Å². The SMILES string of the molecule is CSS[C@@H](CC[C@H](C)C(=O)OCC#N)CNC(=O)OCc1ccc(N=[N+]=[N-])cc1.CSS[C@@H](CC[C@H](NC(=O)OC(C)(C)C)C(=O)O[C@H]1[C@@H](O)[C@H](n2cnc3c(N)ncnc32)O[C@@H]1CO[P+](O)(O)O[C@H]1C[C@H](n2ccc(N)nc2=O)O[C@@H]1COP(=O)(O)O)CNC(=O)OCc1ccc(N=[N+]=[N-])cc1.NC1=NC(=O)N([C@H]2C[C@H](O[P+](O)(O)OC[C@H]3O[C@@H](n4cnc5c(N)ncnc54)[C@H](O)[C@@H]3O)[C@@H](CO)O2)CC1.O=[P+](O)O. The average molecular weight is 2200 g/mol. The highest BCUT2D eigenvalue weighted by molar-refractivity contribution is 8.77. The summed E-state index contributed by atoms with van der Waals surface area (Å²) in [6, 6.07) is 14.1. The predicted molar refractivity (Wildman–Crippen MR) is 514 cm³/mol. The summed E-state index contributed by atoms with van der Waals surface area (Å²) >= 11 is 0. The first-order chi connectivity index (χ1) is 68.7. The third kappa shape index (κ3) is 36.7. The molecular weight excluding hydrogens is 2090 g/mol. The number of anilines is 3. The number of nitriles is 1. The molecule has 0 spiro atoms. The molecule has 5 amide bonds. The van der Waals surface area contributed by atoms with Crippen molar-refractivity contribution < 1.29 is 163 Å². The lowest BCUT2D eigenvalue weighted by Gasteiger charge is -2.29. The number of benzene rings is 2. The molecule has 69 heteroatoms.